The molecule has 0 aliphatic heterocycles. The van der Waals surface area contributed by atoms with Crippen LogP contribution in [0, 0.1) is 11.3 Å². The van der Waals surface area contributed by atoms with Gasteiger partial charge in [0.05, 0.1) is 58.7 Å². The number of hydrogen-bond donors (Lipinski definition) is 1. The van der Waals surface area contributed by atoms with Crippen LogP contribution < -0.4 is 11.2 Å². The number of aliphatic hydroxyl groups is 1. The Morgan fingerprint density at radius 2 is 1.84 bits per heavy atom. The fourth-order valence-corrected chi connectivity index (χ4v) is 4.01. The second-order valence-electron chi connectivity index (χ2n) is 8.71. The predicted molar refractivity (Wildman–Crippen MR) is 135 cm³/mol. The van der Waals surface area contributed by atoms with Crippen molar-refractivity contribution < 1.29 is 18.3 Å². The van der Waals surface area contributed by atoms with Gasteiger partial charge in [-0.1, -0.05) is 12.6 Å². The maximum absolute atomic E-state index is 13.7. The normalized spacial score (nSPS) is 12.2. The molecular weight excluding hydrogens is 499 g/mol. The summed E-state index contributed by atoms with van der Waals surface area (Å²) in [7, 11) is 0. The highest BCUT2D eigenvalue weighted by Crippen LogP contribution is 2.31. The minimum atomic E-state index is -4.66. The lowest BCUT2D eigenvalue weighted by Gasteiger charge is -2.19. The van der Waals surface area contributed by atoms with Crippen LogP contribution in [-0.4, -0.2) is 30.6 Å². The Bertz CT molecular complexity index is 1690. The standard InChI is InChI=1S/C27H22F3N5O3/c1-16(2)22-13-32-35(20-9-7-18(12-31)8-10-20)24(22)23-14-33(26(38)34(25(23)37)17(3)15-36)21-6-4-5-19(11-21)27(28,29)30/h4-11,13-14,17,36H,1,15H2,2-3H3. The number of allylic oxidation sites excluding steroid dienone is 1. The number of aliphatic hydroxyl groups excluding tert-OH is 1. The van der Waals surface area contributed by atoms with Crippen molar-refractivity contribution in [3.05, 3.63) is 105 Å². The molecule has 8 nitrogen and oxygen atoms in total. The molecule has 1 N–H and O–H groups in total. The molecule has 4 aromatic rings. The van der Waals surface area contributed by atoms with Crippen LogP contribution in [0.25, 0.3) is 28.2 Å². The highest BCUT2D eigenvalue weighted by molar-refractivity contribution is 5.78. The maximum Gasteiger partial charge on any atom is 0.416 e. The van der Waals surface area contributed by atoms with Crippen molar-refractivity contribution in [1.82, 2.24) is 18.9 Å². The number of rotatable bonds is 6. The van der Waals surface area contributed by atoms with Gasteiger partial charge in [-0.05, 0) is 61.9 Å². The highest BCUT2D eigenvalue weighted by atomic mass is 19.4. The van der Waals surface area contributed by atoms with E-state index in [1.54, 1.807) is 31.2 Å². The van der Waals surface area contributed by atoms with E-state index in [4.69, 9.17) is 5.26 Å². The zero-order chi connectivity index (χ0) is 27.8. The average Bonchev–Trinajstić information content (AvgIpc) is 3.33. The Morgan fingerprint density at radius 1 is 1.16 bits per heavy atom. The van der Waals surface area contributed by atoms with Crippen LogP contribution in [0.4, 0.5) is 13.2 Å². The third-order valence-electron chi connectivity index (χ3n) is 6.00. The third-order valence-corrected chi connectivity index (χ3v) is 6.00. The van der Waals surface area contributed by atoms with Crippen molar-refractivity contribution in [3.8, 4) is 28.7 Å². The second-order valence-corrected chi connectivity index (χ2v) is 8.71. The Kier molecular flexibility index (Phi) is 6.93. The van der Waals surface area contributed by atoms with Crippen LogP contribution >= 0.6 is 0 Å². The average molecular weight is 521 g/mol. The first-order chi connectivity index (χ1) is 18.0. The lowest BCUT2D eigenvalue weighted by Crippen LogP contribution is -2.42. The summed E-state index contributed by atoms with van der Waals surface area (Å²) in [6.45, 7) is 6.52. The molecule has 1 atom stereocenters. The van der Waals surface area contributed by atoms with Crippen LogP contribution in [0.1, 0.15) is 36.6 Å². The molecule has 0 spiro atoms. The molecule has 0 fully saturated rings. The fourth-order valence-electron chi connectivity index (χ4n) is 4.01. The Labute approximate surface area is 214 Å². The molecule has 194 valence electrons. The maximum atomic E-state index is 13.7. The van der Waals surface area contributed by atoms with Crippen molar-refractivity contribution in [1.29, 1.82) is 5.26 Å². The molecule has 38 heavy (non-hydrogen) atoms. The summed E-state index contributed by atoms with van der Waals surface area (Å²) in [4.78, 5) is 27.1. The summed E-state index contributed by atoms with van der Waals surface area (Å²) < 4.78 is 43.5. The van der Waals surface area contributed by atoms with E-state index in [2.05, 4.69) is 11.7 Å². The SMILES string of the molecule is C=C(C)c1cnn(-c2ccc(C#N)cc2)c1-c1cn(-c2cccc(C(F)(F)F)c2)c(=O)n(C(C)CO)c1=O. The van der Waals surface area contributed by atoms with Crippen LogP contribution in [0.15, 0.2) is 77.1 Å². The number of aromatic nitrogens is 4. The van der Waals surface area contributed by atoms with Gasteiger partial charge in [-0.15, -0.1) is 0 Å². The predicted octanol–water partition coefficient (Wildman–Crippen LogP) is 4.33. The summed E-state index contributed by atoms with van der Waals surface area (Å²) in [5.41, 5.74) is -0.688. The summed E-state index contributed by atoms with van der Waals surface area (Å²) >= 11 is 0. The van der Waals surface area contributed by atoms with Crippen LogP contribution in [0.3, 0.4) is 0 Å². The molecule has 0 saturated carbocycles. The summed E-state index contributed by atoms with van der Waals surface area (Å²) in [5.74, 6) is 0. The van der Waals surface area contributed by atoms with E-state index < -0.39 is 35.6 Å². The summed E-state index contributed by atoms with van der Waals surface area (Å²) in [5, 5.41) is 23.3. The van der Waals surface area contributed by atoms with Crippen LogP contribution in [0.2, 0.25) is 0 Å². The van der Waals surface area contributed by atoms with E-state index in [1.165, 1.54) is 30.1 Å². The molecule has 0 bridgehead atoms. The van der Waals surface area contributed by atoms with Crippen molar-refractivity contribution in [2.75, 3.05) is 6.61 Å². The van der Waals surface area contributed by atoms with E-state index in [9.17, 15) is 27.9 Å². The van der Waals surface area contributed by atoms with Gasteiger partial charge >= 0.3 is 11.9 Å². The monoisotopic (exact) mass is 521 g/mol. The quantitative estimate of drug-likeness (QED) is 0.407. The van der Waals surface area contributed by atoms with Crippen molar-refractivity contribution in [2.24, 2.45) is 0 Å². The number of benzene rings is 2. The lowest BCUT2D eigenvalue weighted by molar-refractivity contribution is -0.137. The zero-order valence-corrected chi connectivity index (χ0v) is 20.4. The molecule has 2 aromatic carbocycles. The topological polar surface area (TPSA) is 106 Å². The van der Waals surface area contributed by atoms with E-state index in [0.717, 1.165) is 27.3 Å². The summed E-state index contributed by atoms with van der Waals surface area (Å²) in [6, 6.07) is 11.6. The molecule has 0 aliphatic carbocycles. The van der Waals surface area contributed by atoms with Gasteiger partial charge in [0, 0.05) is 11.8 Å². The van der Waals surface area contributed by atoms with Gasteiger partial charge in [-0.2, -0.15) is 23.5 Å². The fraction of sp³-hybridized carbons (Fsp3) is 0.185. The van der Waals surface area contributed by atoms with Gasteiger partial charge in [-0.25, -0.2) is 9.48 Å². The first kappa shape index (κ1) is 26.4. The number of hydrogen-bond acceptors (Lipinski definition) is 5. The molecule has 0 aliphatic rings. The van der Waals surface area contributed by atoms with Gasteiger partial charge < -0.3 is 5.11 Å². The molecule has 2 aromatic heterocycles. The second kappa shape index (κ2) is 9.99. The van der Waals surface area contributed by atoms with Crippen LogP contribution in [0.5, 0.6) is 0 Å². The number of nitrogens with zero attached hydrogens (tertiary/aromatic N) is 5. The van der Waals surface area contributed by atoms with Crippen molar-refractivity contribution in [2.45, 2.75) is 26.1 Å². The highest BCUT2D eigenvalue weighted by Gasteiger charge is 2.31. The van der Waals surface area contributed by atoms with E-state index in [1.807, 2.05) is 6.07 Å². The Hall–Kier alpha value is -4.69. The number of alkyl halides is 3. The van der Waals surface area contributed by atoms with E-state index in [0.29, 0.717) is 22.4 Å². The first-order valence-corrected chi connectivity index (χ1v) is 11.4. The van der Waals surface area contributed by atoms with Crippen molar-refractivity contribution in [3.63, 3.8) is 0 Å². The summed E-state index contributed by atoms with van der Waals surface area (Å²) in [6.07, 6.45) is -2.00. The smallest absolute Gasteiger partial charge is 0.394 e. The Morgan fingerprint density at radius 3 is 2.42 bits per heavy atom. The molecule has 0 amide bonds. The largest absolute Gasteiger partial charge is 0.416 e. The molecule has 0 radical (unpaired) electrons. The number of halogens is 3. The van der Waals surface area contributed by atoms with Gasteiger partial charge in [0.15, 0.2) is 0 Å². The van der Waals surface area contributed by atoms with E-state index >= 15 is 0 Å². The van der Waals surface area contributed by atoms with Gasteiger partial charge in [-0.3, -0.25) is 13.9 Å². The molecule has 2 heterocycles. The first-order valence-electron chi connectivity index (χ1n) is 11.4. The zero-order valence-electron chi connectivity index (χ0n) is 20.4. The molecule has 11 heteroatoms. The van der Waals surface area contributed by atoms with Gasteiger partial charge in [0.2, 0.25) is 0 Å². The van der Waals surface area contributed by atoms with E-state index in [-0.39, 0.29) is 16.9 Å². The molecule has 0 saturated heterocycles. The van der Waals surface area contributed by atoms with Gasteiger partial charge in [0.25, 0.3) is 5.56 Å². The van der Waals surface area contributed by atoms with Gasteiger partial charge in [0.1, 0.15) is 0 Å². The lowest BCUT2D eigenvalue weighted by atomic mass is 10.0. The third kappa shape index (κ3) is 4.69. The number of nitriles is 1. The molecule has 1 unspecified atom stereocenters. The minimum Gasteiger partial charge on any atom is -0.394 e. The van der Waals surface area contributed by atoms with Crippen LogP contribution in [-0.2, 0) is 6.18 Å². The molecule has 4 rings (SSSR count). The molecular formula is C27H22F3N5O3. The minimum absolute atomic E-state index is 0.0535. The van der Waals surface area contributed by atoms with Crippen molar-refractivity contribution >= 4 is 5.57 Å². The Balaban J connectivity index is 2.09.